The van der Waals surface area contributed by atoms with Gasteiger partial charge in [-0.2, -0.15) is 0 Å². The molecule has 0 aliphatic carbocycles. The van der Waals surface area contributed by atoms with Crippen molar-refractivity contribution >= 4 is 40.2 Å². The Morgan fingerprint density at radius 3 is 2.52 bits per heavy atom. The zero-order chi connectivity index (χ0) is 20.4. The molecule has 2 heterocycles. The highest BCUT2D eigenvalue weighted by Gasteiger charge is 2.34. The largest absolute Gasteiger partial charge is 0.492 e. The number of para-hydroxylation sites is 2. The lowest BCUT2D eigenvalue weighted by Crippen LogP contribution is -2.30. The maximum absolute atomic E-state index is 12.7. The van der Waals surface area contributed by atoms with Crippen LogP contribution < -0.4 is 4.74 Å². The van der Waals surface area contributed by atoms with Gasteiger partial charge in [0.25, 0.3) is 5.91 Å². The fourth-order valence-corrected chi connectivity index (χ4v) is 3.90. The SMILES string of the molecule is CCN1C(=O)/C(=C/c2cn(CCOc3ccccc3)c3ccccc23)N(C)C1=S. The van der Waals surface area contributed by atoms with Crippen LogP contribution in [0.3, 0.4) is 0 Å². The van der Waals surface area contributed by atoms with Gasteiger partial charge in [-0.15, -0.1) is 0 Å². The minimum atomic E-state index is -0.0516. The van der Waals surface area contributed by atoms with E-state index < -0.39 is 0 Å². The molecule has 2 aromatic carbocycles. The van der Waals surface area contributed by atoms with Crippen LogP contribution in [0.15, 0.2) is 66.5 Å². The molecular formula is C23H23N3O2S. The summed E-state index contributed by atoms with van der Waals surface area (Å²) in [5.41, 5.74) is 2.70. The lowest BCUT2D eigenvalue weighted by molar-refractivity contribution is -0.122. The Hall–Kier alpha value is -3.12. The number of carbonyl (C=O) groups is 1. The fourth-order valence-electron chi connectivity index (χ4n) is 3.59. The van der Waals surface area contributed by atoms with Gasteiger partial charge < -0.3 is 14.2 Å². The van der Waals surface area contributed by atoms with Crippen LogP contribution in [0, 0.1) is 0 Å². The first kappa shape index (κ1) is 19.2. The zero-order valence-corrected chi connectivity index (χ0v) is 17.4. The quantitative estimate of drug-likeness (QED) is 0.456. The van der Waals surface area contributed by atoms with Crippen LogP contribution >= 0.6 is 12.2 Å². The van der Waals surface area contributed by atoms with E-state index in [9.17, 15) is 4.79 Å². The van der Waals surface area contributed by atoms with Gasteiger partial charge >= 0.3 is 0 Å². The van der Waals surface area contributed by atoms with Crippen LogP contribution in [-0.2, 0) is 11.3 Å². The van der Waals surface area contributed by atoms with Crippen molar-refractivity contribution < 1.29 is 9.53 Å². The van der Waals surface area contributed by atoms with Gasteiger partial charge in [-0.25, -0.2) is 0 Å². The van der Waals surface area contributed by atoms with Gasteiger partial charge in [0.1, 0.15) is 18.1 Å². The molecular weight excluding hydrogens is 382 g/mol. The van der Waals surface area contributed by atoms with E-state index in [1.54, 1.807) is 9.80 Å². The van der Waals surface area contributed by atoms with Crippen molar-refractivity contribution in [2.24, 2.45) is 0 Å². The first-order valence-electron chi connectivity index (χ1n) is 9.67. The van der Waals surface area contributed by atoms with Gasteiger partial charge in [0.05, 0.1) is 6.54 Å². The molecule has 0 atom stereocenters. The summed E-state index contributed by atoms with van der Waals surface area (Å²) in [6, 6.07) is 18.0. The van der Waals surface area contributed by atoms with E-state index in [0.717, 1.165) is 22.2 Å². The molecule has 0 saturated carbocycles. The predicted octanol–water partition coefficient (Wildman–Crippen LogP) is 4.14. The van der Waals surface area contributed by atoms with Crippen LogP contribution in [0.2, 0.25) is 0 Å². The summed E-state index contributed by atoms with van der Waals surface area (Å²) < 4.78 is 8.02. The lowest BCUT2D eigenvalue weighted by atomic mass is 10.1. The second kappa shape index (κ2) is 8.09. The van der Waals surface area contributed by atoms with E-state index in [4.69, 9.17) is 17.0 Å². The number of ether oxygens (including phenoxy) is 1. The number of benzene rings is 2. The first-order chi connectivity index (χ1) is 14.1. The third-order valence-corrected chi connectivity index (χ3v) is 5.61. The highest BCUT2D eigenvalue weighted by atomic mass is 32.1. The fraction of sp³-hybridized carbons (Fsp3) is 0.217. The van der Waals surface area contributed by atoms with Crippen LogP contribution in [0.25, 0.3) is 17.0 Å². The Bertz CT molecular complexity index is 1090. The molecule has 0 N–H and O–H groups in total. The monoisotopic (exact) mass is 405 g/mol. The van der Waals surface area contributed by atoms with Crippen molar-refractivity contribution in [2.75, 3.05) is 20.2 Å². The Morgan fingerprint density at radius 2 is 1.79 bits per heavy atom. The number of hydrogen-bond acceptors (Lipinski definition) is 3. The van der Waals surface area contributed by atoms with Gasteiger partial charge in [-0.05, 0) is 43.4 Å². The summed E-state index contributed by atoms with van der Waals surface area (Å²) in [5, 5.41) is 1.64. The van der Waals surface area contributed by atoms with Gasteiger partial charge in [-0.3, -0.25) is 9.69 Å². The van der Waals surface area contributed by atoms with Crippen molar-refractivity contribution in [1.82, 2.24) is 14.4 Å². The molecule has 5 nitrogen and oxygen atoms in total. The molecule has 29 heavy (non-hydrogen) atoms. The molecule has 1 saturated heterocycles. The predicted molar refractivity (Wildman–Crippen MR) is 120 cm³/mol. The van der Waals surface area contributed by atoms with Crippen molar-refractivity contribution in [3.8, 4) is 5.75 Å². The maximum Gasteiger partial charge on any atom is 0.276 e. The van der Waals surface area contributed by atoms with Gasteiger partial charge in [0, 0.05) is 36.3 Å². The van der Waals surface area contributed by atoms with Crippen molar-refractivity contribution in [3.63, 3.8) is 0 Å². The maximum atomic E-state index is 12.7. The topological polar surface area (TPSA) is 37.7 Å². The van der Waals surface area contributed by atoms with Crippen molar-refractivity contribution in [2.45, 2.75) is 13.5 Å². The minimum absolute atomic E-state index is 0.0516. The minimum Gasteiger partial charge on any atom is -0.492 e. The molecule has 1 aromatic heterocycles. The third kappa shape index (κ3) is 3.63. The summed E-state index contributed by atoms with van der Waals surface area (Å²) in [7, 11) is 1.84. The number of amides is 1. The summed E-state index contributed by atoms with van der Waals surface area (Å²) >= 11 is 5.41. The molecule has 6 heteroatoms. The Morgan fingerprint density at radius 1 is 1.07 bits per heavy atom. The average molecular weight is 406 g/mol. The number of rotatable bonds is 6. The standard InChI is InChI=1S/C23H23N3O2S/c1-3-26-22(27)21(24(2)23(26)29)15-17-16-25(20-12-8-7-11-19(17)20)13-14-28-18-9-5-4-6-10-18/h4-12,15-16H,3,13-14H2,1-2H3/b21-15-. The Balaban J connectivity index is 1.62. The molecule has 4 rings (SSSR count). The van der Waals surface area contributed by atoms with Gasteiger partial charge in [-0.1, -0.05) is 36.4 Å². The summed E-state index contributed by atoms with van der Waals surface area (Å²) in [6.45, 7) is 3.77. The van der Waals surface area contributed by atoms with Crippen LogP contribution in [0.4, 0.5) is 0 Å². The molecule has 0 spiro atoms. The molecule has 3 aromatic rings. The smallest absolute Gasteiger partial charge is 0.276 e. The van der Waals surface area contributed by atoms with Crippen LogP contribution in [0.5, 0.6) is 5.75 Å². The Kier molecular flexibility index (Phi) is 5.36. The second-order valence-electron chi connectivity index (χ2n) is 6.88. The molecule has 1 aliphatic heterocycles. The van der Waals surface area contributed by atoms with Crippen LogP contribution in [-0.4, -0.2) is 45.6 Å². The number of nitrogens with zero attached hydrogens (tertiary/aromatic N) is 3. The molecule has 0 radical (unpaired) electrons. The third-order valence-electron chi connectivity index (χ3n) is 5.12. The van der Waals surface area contributed by atoms with Crippen molar-refractivity contribution in [3.05, 3.63) is 72.1 Å². The van der Waals surface area contributed by atoms with E-state index in [0.29, 0.717) is 30.5 Å². The molecule has 0 unspecified atom stereocenters. The summed E-state index contributed by atoms with van der Waals surface area (Å²) in [4.78, 5) is 16.1. The average Bonchev–Trinajstić information content (AvgIpc) is 3.19. The Labute approximate surface area is 175 Å². The molecule has 1 fully saturated rings. The number of thiocarbonyl (C=S) groups is 1. The molecule has 148 valence electrons. The highest BCUT2D eigenvalue weighted by molar-refractivity contribution is 7.80. The highest BCUT2D eigenvalue weighted by Crippen LogP contribution is 2.27. The van der Waals surface area contributed by atoms with E-state index in [2.05, 4.69) is 22.9 Å². The number of carbonyl (C=O) groups excluding carboxylic acids is 1. The normalized spacial score (nSPS) is 15.7. The molecule has 1 aliphatic rings. The second-order valence-corrected chi connectivity index (χ2v) is 7.24. The van der Waals surface area contributed by atoms with E-state index >= 15 is 0 Å². The van der Waals surface area contributed by atoms with Crippen LogP contribution in [0.1, 0.15) is 12.5 Å². The van der Waals surface area contributed by atoms with Crippen molar-refractivity contribution in [1.29, 1.82) is 0 Å². The van der Waals surface area contributed by atoms with E-state index in [1.807, 2.05) is 62.5 Å². The van der Waals surface area contributed by atoms with Gasteiger partial charge in [0.15, 0.2) is 5.11 Å². The number of likely N-dealkylation sites (N-methyl/N-ethyl adjacent to an activating group) is 2. The number of hydrogen-bond donors (Lipinski definition) is 0. The summed E-state index contributed by atoms with van der Waals surface area (Å²) in [5.74, 6) is 0.807. The molecule has 0 bridgehead atoms. The number of fused-ring (bicyclic) bond motifs is 1. The number of aromatic nitrogens is 1. The first-order valence-corrected chi connectivity index (χ1v) is 10.1. The molecule has 1 amide bonds. The lowest BCUT2D eigenvalue weighted by Gasteiger charge is -2.13. The summed E-state index contributed by atoms with van der Waals surface area (Å²) in [6.07, 6.45) is 4.01. The van der Waals surface area contributed by atoms with E-state index in [1.165, 1.54) is 0 Å². The zero-order valence-electron chi connectivity index (χ0n) is 16.5. The van der Waals surface area contributed by atoms with Gasteiger partial charge in [0.2, 0.25) is 0 Å². The van der Waals surface area contributed by atoms with E-state index in [-0.39, 0.29) is 5.91 Å².